The molecule has 1 aliphatic carbocycles. The van der Waals surface area contributed by atoms with Crippen LogP contribution in [0.3, 0.4) is 0 Å². The van der Waals surface area contributed by atoms with Gasteiger partial charge in [0.2, 0.25) is 5.91 Å². The Balaban J connectivity index is 1.19. The van der Waals surface area contributed by atoms with Crippen molar-refractivity contribution in [1.29, 1.82) is 0 Å². The van der Waals surface area contributed by atoms with Crippen LogP contribution in [-0.2, 0) is 16.0 Å². The Hall–Kier alpha value is -2.57. The molecule has 2 aliphatic heterocycles. The molecule has 2 fully saturated rings. The number of hydrogen-bond donors (Lipinski definition) is 2. The van der Waals surface area contributed by atoms with E-state index in [9.17, 15) is 14.4 Å². The summed E-state index contributed by atoms with van der Waals surface area (Å²) in [7, 11) is 0. The monoisotopic (exact) mass is 539 g/mol. The summed E-state index contributed by atoms with van der Waals surface area (Å²) in [4.78, 5) is 39.5. The van der Waals surface area contributed by atoms with Crippen LogP contribution in [0, 0.1) is 23.7 Å². The molecule has 2 atom stereocenters. The number of hydrogen-bond acceptors (Lipinski definition) is 5. The van der Waals surface area contributed by atoms with Crippen LogP contribution in [0.4, 0.5) is 10.5 Å². The fourth-order valence-electron chi connectivity index (χ4n) is 6.46. The van der Waals surface area contributed by atoms with Crippen molar-refractivity contribution in [2.24, 2.45) is 23.7 Å². The number of likely N-dealkylation sites (tertiary alicyclic amines) is 1. The zero-order valence-electron chi connectivity index (χ0n) is 24.7. The van der Waals surface area contributed by atoms with Crippen molar-refractivity contribution in [2.45, 2.75) is 104 Å². The second-order valence-electron chi connectivity index (χ2n) is 13.4. The Morgan fingerprint density at radius 1 is 1.03 bits per heavy atom. The van der Waals surface area contributed by atoms with Crippen LogP contribution in [0.25, 0.3) is 0 Å². The van der Waals surface area contributed by atoms with Gasteiger partial charge >= 0.3 is 6.09 Å². The van der Waals surface area contributed by atoms with E-state index < -0.39 is 11.6 Å². The van der Waals surface area contributed by atoms with E-state index in [1.54, 1.807) is 4.90 Å². The van der Waals surface area contributed by atoms with Crippen LogP contribution in [0.15, 0.2) is 18.2 Å². The summed E-state index contributed by atoms with van der Waals surface area (Å²) in [5.74, 6) is 2.09. The third-order valence-electron chi connectivity index (χ3n) is 8.70. The second kappa shape index (κ2) is 12.7. The Labute approximate surface area is 234 Å². The highest BCUT2D eigenvalue weighted by Crippen LogP contribution is 2.35. The fraction of sp³-hybridized carbons (Fsp3) is 0.719. The van der Waals surface area contributed by atoms with Gasteiger partial charge in [-0.1, -0.05) is 26.7 Å². The zero-order valence-corrected chi connectivity index (χ0v) is 24.7. The average Bonchev–Trinajstić information content (AvgIpc) is 3.30. The maximum Gasteiger partial charge on any atom is 0.410 e. The smallest absolute Gasteiger partial charge is 0.410 e. The molecule has 1 saturated heterocycles. The number of nitrogens with one attached hydrogen (secondary N) is 2. The molecule has 0 radical (unpaired) electrons. The number of anilines is 1. The molecule has 1 unspecified atom stereocenters. The summed E-state index contributed by atoms with van der Waals surface area (Å²) in [6.07, 6.45) is 9.28. The highest BCUT2D eigenvalue weighted by Gasteiger charge is 2.37. The van der Waals surface area contributed by atoms with Gasteiger partial charge in [0.05, 0.1) is 0 Å². The number of rotatable bonds is 7. The maximum absolute atomic E-state index is 12.9. The van der Waals surface area contributed by atoms with Gasteiger partial charge in [0, 0.05) is 36.8 Å². The number of ether oxygens (including phenoxy) is 1. The third kappa shape index (κ3) is 7.98. The number of amides is 2. The van der Waals surface area contributed by atoms with E-state index in [-0.39, 0.29) is 23.7 Å². The Kier molecular flexibility index (Phi) is 9.60. The molecule has 2 amide bonds. The van der Waals surface area contributed by atoms with E-state index in [0.29, 0.717) is 31.3 Å². The predicted octanol–water partition coefficient (Wildman–Crippen LogP) is 6.21. The van der Waals surface area contributed by atoms with Crippen molar-refractivity contribution in [3.8, 4) is 0 Å². The van der Waals surface area contributed by atoms with Gasteiger partial charge in [0.1, 0.15) is 11.6 Å². The fourth-order valence-corrected chi connectivity index (χ4v) is 6.46. The lowest BCUT2D eigenvalue weighted by Gasteiger charge is -2.32. The largest absolute Gasteiger partial charge is 0.444 e. The molecule has 1 aromatic rings. The SMILES string of the molecule is CC(C)C(=O)c1ccc2c(c1)CCC(CC1CCC(CNC(=O)[C@H]3CCCN3C(=O)OC(C)(C)C)CC1)CN2. The van der Waals surface area contributed by atoms with Gasteiger partial charge in [0.15, 0.2) is 5.78 Å². The predicted molar refractivity (Wildman–Crippen MR) is 155 cm³/mol. The van der Waals surface area contributed by atoms with Gasteiger partial charge in [-0.25, -0.2) is 4.79 Å². The molecule has 2 heterocycles. The molecule has 7 nitrogen and oxygen atoms in total. The van der Waals surface area contributed by atoms with Gasteiger partial charge in [0.25, 0.3) is 0 Å². The molecule has 39 heavy (non-hydrogen) atoms. The lowest BCUT2D eigenvalue weighted by atomic mass is 9.77. The minimum Gasteiger partial charge on any atom is -0.444 e. The molecule has 3 aliphatic rings. The number of ketones is 1. The first kappa shape index (κ1) is 29.4. The lowest BCUT2D eigenvalue weighted by Crippen LogP contribution is -2.48. The summed E-state index contributed by atoms with van der Waals surface area (Å²) in [5, 5.41) is 6.81. The average molecular weight is 540 g/mol. The van der Waals surface area contributed by atoms with Crippen LogP contribution in [-0.4, -0.2) is 54.0 Å². The normalized spacial score (nSPS) is 25.4. The quantitative estimate of drug-likeness (QED) is 0.402. The van der Waals surface area contributed by atoms with E-state index in [0.717, 1.165) is 50.1 Å². The van der Waals surface area contributed by atoms with Crippen LogP contribution in [0.2, 0.25) is 0 Å². The van der Waals surface area contributed by atoms with E-state index in [1.165, 1.54) is 30.5 Å². The molecule has 2 N–H and O–H groups in total. The Morgan fingerprint density at radius 3 is 2.44 bits per heavy atom. The molecular weight excluding hydrogens is 490 g/mol. The van der Waals surface area contributed by atoms with Gasteiger partial charge in [-0.2, -0.15) is 0 Å². The van der Waals surface area contributed by atoms with Crippen molar-refractivity contribution < 1.29 is 19.1 Å². The molecule has 7 heteroatoms. The molecule has 1 aromatic carbocycles. The second-order valence-corrected chi connectivity index (χ2v) is 13.4. The van der Waals surface area contributed by atoms with Crippen molar-refractivity contribution >= 4 is 23.5 Å². The minimum absolute atomic E-state index is 0.0209. The first-order valence-electron chi connectivity index (χ1n) is 15.2. The summed E-state index contributed by atoms with van der Waals surface area (Å²) < 4.78 is 5.51. The summed E-state index contributed by atoms with van der Waals surface area (Å²) in [6, 6.07) is 5.74. The van der Waals surface area contributed by atoms with Crippen LogP contribution >= 0.6 is 0 Å². The number of aryl methyl sites for hydroxylation is 1. The van der Waals surface area contributed by atoms with Gasteiger partial charge in [-0.15, -0.1) is 0 Å². The van der Waals surface area contributed by atoms with Crippen LogP contribution in [0.1, 0.15) is 102 Å². The Morgan fingerprint density at radius 2 is 1.74 bits per heavy atom. The summed E-state index contributed by atoms with van der Waals surface area (Å²) in [5.41, 5.74) is 2.73. The number of Topliss-reactive ketones (excluding diaryl/α,β-unsaturated/α-hetero) is 1. The highest BCUT2D eigenvalue weighted by molar-refractivity contribution is 5.98. The highest BCUT2D eigenvalue weighted by atomic mass is 16.6. The number of benzene rings is 1. The molecule has 1 saturated carbocycles. The molecule has 4 rings (SSSR count). The number of carbonyl (C=O) groups is 3. The van der Waals surface area contributed by atoms with E-state index in [1.807, 2.05) is 40.7 Å². The van der Waals surface area contributed by atoms with E-state index in [2.05, 4.69) is 22.8 Å². The molecule has 216 valence electrons. The molecule has 0 bridgehead atoms. The summed E-state index contributed by atoms with van der Waals surface area (Å²) >= 11 is 0. The van der Waals surface area contributed by atoms with Crippen molar-refractivity contribution in [2.75, 3.05) is 25.0 Å². The number of carbonyl (C=O) groups excluding carboxylic acids is 3. The minimum atomic E-state index is -0.562. The number of fused-ring (bicyclic) bond motifs is 1. The zero-order chi connectivity index (χ0) is 28.2. The van der Waals surface area contributed by atoms with Gasteiger partial charge < -0.3 is 15.4 Å². The molecular formula is C32H49N3O4. The van der Waals surface area contributed by atoms with Gasteiger partial charge in [-0.05, 0) is 107 Å². The van der Waals surface area contributed by atoms with Crippen LogP contribution < -0.4 is 10.6 Å². The standard InChI is InChI=1S/C32H49N3O4/c1-21(2)29(36)26-14-15-27-25(18-26)13-12-24(20-33-27)17-22-8-10-23(11-9-22)19-34-30(37)28-7-6-16-35(28)31(38)39-32(3,4)5/h14-15,18,21-24,28,33H,6-13,16-17,19-20H2,1-5H3,(H,34,37)/t22?,23?,24?,28-/m1/s1. The summed E-state index contributed by atoms with van der Waals surface area (Å²) in [6.45, 7) is 11.7. The molecule has 0 aromatic heterocycles. The maximum atomic E-state index is 12.9. The van der Waals surface area contributed by atoms with Crippen molar-refractivity contribution in [3.05, 3.63) is 29.3 Å². The number of nitrogens with zero attached hydrogens (tertiary/aromatic N) is 1. The Bertz CT molecular complexity index is 1020. The van der Waals surface area contributed by atoms with Crippen molar-refractivity contribution in [3.63, 3.8) is 0 Å². The topological polar surface area (TPSA) is 87.7 Å². The van der Waals surface area contributed by atoms with Crippen LogP contribution in [0.5, 0.6) is 0 Å². The lowest BCUT2D eigenvalue weighted by molar-refractivity contribution is -0.125. The van der Waals surface area contributed by atoms with E-state index >= 15 is 0 Å². The first-order valence-corrected chi connectivity index (χ1v) is 15.2. The van der Waals surface area contributed by atoms with Gasteiger partial charge in [-0.3, -0.25) is 14.5 Å². The molecule has 0 spiro atoms. The van der Waals surface area contributed by atoms with E-state index in [4.69, 9.17) is 4.74 Å². The van der Waals surface area contributed by atoms with Crippen molar-refractivity contribution in [1.82, 2.24) is 10.2 Å². The third-order valence-corrected chi connectivity index (χ3v) is 8.70. The first-order chi connectivity index (χ1) is 18.5.